The van der Waals surface area contributed by atoms with Gasteiger partial charge in [-0.25, -0.2) is 0 Å². The van der Waals surface area contributed by atoms with Crippen molar-refractivity contribution in [3.63, 3.8) is 0 Å². The number of ketones is 1. The van der Waals surface area contributed by atoms with Crippen molar-refractivity contribution in [1.29, 1.82) is 0 Å². The summed E-state index contributed by atoms with van der Waals surface area (Å²) in [5.41, 5.74) is 1.28. The van der Waals surface area contributed by atoms with E-state index in [2.05, 4.69) is 32.3 Å². The van der Waals surface area contributed by atoms with Crippen LogP contribution in [0.2, 0.25) is 0 Å². The first kappa shape index (κ1) is 31.4. The van der Waals surface area contributed by atoms with Crippen molar-refractivity contribution in [2.75, 3.05) is 19.6 Å². The fourth-order valence-corrected chi connectivity index (χ4v) is 4.54. The van der Waals surface area contributed by atoms with Crippen molar-refractivity contribution in [3.05, 3.63) is 12.2 Å². The number of unbranched alkanes of at least 4 members (excludes halogenated alkanes) is 16. The van der Waals surface area contributed by atoms with E-state index in [1.807, 2.05) is 0 Å². The van der Waals surface area contributed by atoms with Crippen LogP contribution < -0.4 is 0 Å². The van der Waals surface area contributed by atoms with Crippen molar-refractivity contribution < 1.29 is 4.79 Å². The monoisotopic (exact) mass is 449 g/mol. The molecule has 0 saturated heterocycles. The Balaban J connectivity index is 3.58. The van der Waals surface area contributed by atoms with Gasteiger partial charge in [0, 0.05) is 19.4 Å². The van der Waals surface area contributed by atoms with Gasteiger partial charge in [0.05, 0.1) is 0 Å². The largest absolute Gasteiger partial charge is 0.300 e. The molecule has 0 fully saturated rings. The fourth-order valence-electron chi connectivity index (χ4n) is 4.54. The predicted molar refractivity (Wildman–Crippen MR) is 145 cm³/mol. The van der Waals surface area contributed by atoms with E-state index in [0.717, 1.165) is 32.2 Å². The van der Waals surface area contributed by atoms with Gasteiger partial charge in [0.25, 0.3) is 0 Å². The third-order valence-electron chi connectivity index (χ3n) is 6.56. The molecule has 32 heavy (non-hydrogen) atoms. The Hall–Kier alpha value is -0.630. The summed E-state index contributed by atoms with van der Waals surface area (Å²) in [5, 5.41) is 0. The number of hydrogen-bond donors (Lipinski definition) is 0. The van der Waals surface area contributed by atoms with Gasteiger partial charge in [-0.3, -0.25) is 9.69 Å². The van der Waals surface area contributed by atoms with E-state index in [1.54, 1.807) is 0 Å². The first-order valence-corrected chi connectivity index (χ1v) is 14.5. The van der Waals surface area contributed by atoms with Crippen LogP contribution >= 0.6 is 0 Å². The average Bonchev–Trinajstić information content (AvgIpc) is 2.76. The number of carbonyl (C=O) groups excluding carboxylic acids is 1. The molecular weight excluding hydrogens is 390 g/mol. The van der Waals surface area contributed by atoms with Crippen LogP contribution in [0.5, 0.6) is 0 Å². The van der Waals surface area contributed by atoms with Crippen molar-refractivity contribution in [2.24, 2.45) is 0 Å². The zero-order valence-electron chi connectivity index (χ0n) is 22.5. The summed E-state index contributed by atoms with van der Waals surface area (Å²) in [7, 11) is 0. The average molecular weight is 450 g/mol. The van der Waals surface area contributed by atoms with Crippen LogP contribution in [0, 0.1) is 0 Å². The quantitative estimate of drug-likeness (QED) is 0.0967. The van der Waals surface area contributed by atoms with Gasteiger partial charge in [-0.15, -0.1) is 0 Å². The van der Waals surface area contributed by atoms with Crippen LogP contribution in [0.25, 0.3) is 0 Å². The molecule has 0 N–H and O–H groups in total. The maximum absolute atomic E-state index is 12.1. The zero-order chi connectivity index (χ0) is 23.7. The molecular formula is C30H59NO. The molecule has 0 aromatic heterocycles. The predicted octanol–water partition coefficient (Wildman–Crippen LogP) is 9.67. The highest BCUT2D eigenvalue weighted by molar-refractivity contribution is 5.78. The molecule has 0 aromatic rings. The maximum Gasteiger partial charge on any atom is 0.132 e. The minimum atomic E-state index is 0.502. The molecule has 0 radical (unpaired) electrons. The Bertz CT molecular complexity index is 417. The number of hydrogen-bond acceptors (Lipinski definition) is 2. The molecule has 0 aliphatic carbocycles. The summed E-state index contributed by atoms with van der Waals surface area (Å²) in [6, 6.07) is 0. The zero-order valence-corrected chi connectivity index (χ0v) is 22.5. The molecule has 0 atom stereocenters. The standard InChI is InChI=1S/C30H59NO/c1-5-7-9-11-13-14-16-20-24-30(32)25-21-17-15-19-23-27-31(28-29(3)4)26-22-18-12-10-8-6-2/h3,5-28H2,1-2,4H3. The molecule has 0 heterocycles. The fraction of sp³-hybridized carbons (Fsp3) is 0.900. The number of rotatable bonds is 26. The van der Waals surface area contributed by atoms with Gasteiger partial charge in [0.15, 0.2) is 0 Å². The normalized spacial score (nSPS) is 11.4. The van der Waals surface area contributed by atoms with E-state index in [4.69, 9.17) is 0 Å². The molecule has 0 rings (SSSR count). The molecule has 0 bridgehead atoms. The van der Waals surface area contributed by atoms with Gasteiger partial charge in [-0.05, 0) is 45.7 Å². The first-order valence-electron chi connectivity index (χ1n) is 14.5. The van der Waals surface area contributed by atoms with Crippen molar-refractivity contribution in [2.45, 2.75) is 156 Å². The minimum Gasteiger partial charge on any atom is -0.300 e. The van der Waals surface area contributed by atoms with E-state index >= 15 is 0 Å². The molecule has 0 aromatic carbocycles. The highest BCUT2D eigenvalue weighted by atomic mass is 16.1. The first-order chi connectivity index (χ1) is 15.6. The molecule has 190 valence electrons. The highest BCUT2D eigenvalue weighted by Gasteiger charge is 2.06. The SMILES string of the molecule is C=C(C)CN(CCCCCCCC)CCCCCCCC(=O)CCCCCCCCCC. The van der Waals surface area contributed by atoms with Crippen LogP contribution in [0.1, 0.15) is 156 Å². The Morgan fingerprint density at radius 3 is 1.28 bits per heavy atom. The lowest BCUT2D eigenvalue weighted by molar-refractivity contribution is -0.119. The van der Waals surface area contributed by atoms with Gasteiger partial charge in [-0.1, -0.05) is 122 Å². The molecule has 0 amide bonds. The van der Waals surface area contributed by atoms with Crippen LogP contribution in [0.15, 0.2) is 12.2 Å². The third kappa shape index (κ3) is 24.0. The third-order valence-corrected chi connectivity index (χ3v) is 6.56. The second-order valence-corrected chi connectivity index (χ2v) is 10.3. The second-order valence-electron chi connectivity index (χ2n) is 10.3. The summed E-state index contributed by atoms with van der Waals surface area (Å²) >= 11 is 0. The second kappa shape index (κ2) is 25.0. The lowest BCUT2D eigenvalue weighted by Gasteiger charge is -2.22. The molecule has 0 aliphatic heterocycles. The van der Waals surface area contributed by atoms with Crippen LogP contribution in [0.4, 0.5) is 0 Å². The van der Waals surface area contributed by atoms with Gasteiger partial charge >= 0.3 is 0 Å². The molecule has 0 aliphatic rings. The summed E-state index contributed by atoms with van der Waals surface area (Å²) < 4.78 is 0. The van der Waals surface area contributed by atoms with Crippen molar-refractivity contribution in [3.8, 4) is 0 Å². The van der Waals surface area contributed by atoms with Crippen LogP contribution in [0.3, 0.4) is 0 Å². The van der Waals surface area contributed by atoms with Gasteiger partial charge < -0.3 is 0 Å². The molecule has 0 unspecified atom stereocenters. The van der Waals surface area contributed by atoms with Gasteiger partial charge in [0.2, 0.25) is 0 Å². The van der Waals surface area contributed by atoms with Crippen LogP contribution in [-0.2, 0) is 4.79 Å². The topological polar surface area (TPSA) is 20.3 Å². The van der Waals surface area contributed by atoms with E-state index in [1.165, 1.54) is 128 Å². The highest BCUT2D eigenvalue weighted by Crippen LogP contribution is 2.13. The molecule has 0 saturated carbocycles. The summed E-state index contributed by atoms with van der Waals surface area (Å²) in [6.07, 6.45) is 26.6. The Morgan fingerprint density at radius 1 is 0.562 bits per heavy atom. The Kier molecular flexibility index (Phi) is 24.5. The lowest BCUT2D eigenvalue weighted by atomic mass is 10.0. The lowest BCUT2D eigenvalue weighted by Crippen LogP contribution is -2.27. The van der Waals surface area contributed by atoms with Gasteiger partial charge in [0.1, 0.15) is 5.78 Å². The van der Waals surface area contributed by atoms with E-state index in [9.17, 15) is 4.79 Å². The Labute approximate surface area is 203 Å². The maximum atomic E-state index is 12.1. The van der Waals surface area contributed by atoms with Gasteiger partial charge in [-0.2, -0.15) is 0 Å². The number of carbonyl (C=O) groups is 1. The summed E-state index contributed by atoms with van der Waals surface area (Å²) in [5.74, 6) is 0.502. The van der Waals surface area contributed by atoms with E-state index < -0.39 is 0 Å². The number of Topliss-reactive ketones (excluding diaryl/α,β-unsaturated/α-hetero) is 1. The number of nitrogens with zero attached hydrogens (tertiary/aromatic N) is 1. The summed E-state index contributed by atoms with van der Waals surface area (Å²) in [6.45, 7) is 14.3. The Morgan fingerprint density at radius 2 is 0.906 bits per heavy atom. The van der Waals surface area contributed by atoms with E-state index in [0.29, 0.717) is 5.78 Å². The van der Waals surface area contributed by atoms with Crippen molar-refractivity contribution in [1.82, 2.24) is 4.90 Å². The van der Waals surface area contributed by atoms with Crippen LogP contribution in [-0.4, -0.2) is 30.3 Å². The smallest absolute Gasteiger partial charge is 0.132 e. The van der Waals surface area contributed by atoms with Crippen molar-refractivity contribution >= 4 is 5.78 Å². The summed E-state index contributed by atoms with van der Waals surface area (Å²) in [4.78, 5) is 14.7. The molecule has 2 nitrogen and oxygen atoms in total. The molecule has 2 heteroatoms. The molecule has 0 spiro atoms. The minimum absolute atomic E-state index is 0.502. The van der Waals surface area contributed by atoms with E-state index in [-0.39, 0.29) is 0 Å².